The lowest BCUT2D eigenvalue weighted by Crippen LogP contribution is -2.40. The fourth-order valence-electron chi connectivity index (χ4n) is 3.92. The maximum absolute atomic E-state index is 13.1. The molecule has 4 aromatic carbocycles. The summed E-state index contributed by atoms with van der Waals surface area (Å²) in [4.78, 5) is 13.2. The molecule has 3 N–H and O–H groups in total. The molecule has 4 aromatic rings. The van der Waals surface area contributed by atoms with E-state index in [1.54, 1.807) is 93.6 Å². The van der Waals surface area contributed by atoms with Crippen molar-refractivity contribution in [2.45, 2.75) is 31.2 Å². The van der Waals surface area contributed by atoms with Crippen molar-refractivity contribution in [1.82, 2.24) is 4.72 Å². The summed E-state index contributed by atoms with van der Waals surface area (Å²) in [6, 6.07) is 30.0. The predicted molar refractivity (Wildman–Crippen MR) is 151 cm³/mol. The topological polar surface area (TPSA) is 111 Å². The highest BCUT2D eigenvalue weighted by molar-refractivity contribution is 7.89. The van der Waals surface area contributed by atoms with Gasteiger partial charge in [-0.2, -0.15) is 5.26 Å². The number of nitriles is 1. The Kier molecular flexibility index (Phi) is 7.62. The van der Waals surface area contributed by atoms with Crippen LogP contribution >= 0.6 is 0 Å². The second-order valence-electron chi connectivity index (χ2n) is 9.75. The van der Waals surface area contributed by atoms with Crippen LogP contribution in [0, 0.1) is 11.3 Å². The van der Waals surface area contributed by atoms with E-state index in [1.807, 2.05) is 24.3 Å². The summed E-state index contributed by atoms with van der Waals surface area (Å²) in [5.74, 6) is -0.313. The molecule has 1 amide bonds. The van der Waals surface area contributed by atoms with Gasteiger partial charge in [0.1, 0.15) is 0 Å². The van der Waals surface area contributed by atoms with Crippen LogP contribution in [0.25, 0.3) is 11.1 Å². The molecule has 8 heteroatoms. The van der Waals surface area contributed by atoms with E-state index in [-0.39, 0.29) is 10.8 Å². The van der Waals surface area contributed by atoms with E-state index in [0.29, 0.717) is 33.6 Å². The zero-order valence-electron chi connectivity index (χ0n) is 21.3. The van der Waals surface area contributed by atoms with E-state index in [4.69, 9.17) is 5.26 Å². The van der Waals surface area contributed by atoms with Crippen LogP contribution in [-0.4, -0.2) is 19.9 Å². The number of sulfonamides is 1. The fourth-order valence-corrected chi connectivity index (χ4v) is 5.57. The van der Waals surface area contributed by atoms with Gasteiger partial charge in [-0.1, -0.05) is 48.5 Å². The standard InChI is InChI=1S/C30H28N4O3S/c1-30(2,3)34-38(36,37)28-14-7-4-11-25(28)22-15-17-23(18-16-22)29(35)33-27-13-6-5-12-26(27)32-24-10-8-9-21(19-24)20-31/h4-19,32,34H,1-3H3,(H,33,35). The number of rotatable bonds is 7. The Labute approximate surface area is 223 Å². The first-order valence-electron chi connectivity index (χ1n) is 12.0. The highest BCUT2D eigenvalue weighted by Crippen LogP contribution is 2.29. The number of carbonyl (C=O) groups is 1. The van der Waals surface area contributed by atoms with Crippen molar-refractivity contribution in [2.75, 3.05) is 10.6 Å². The molecule has 0 aliphatic carbocycles. The number of carbonyl (C=O) groups excluding carboxylic acids is 1. The highest BCUT2D eigenvalue weighted by Gasteiger charge is 2.24. The third-order valence-corrected chi connectivity index (χ3v) is 7.34. The van der Waals surface area contributed by atoms with Crippen LogP contribution in [-0.2, 0) is 10.0 Å². The molecule has 0 aliphatic heterocycles. The average Bonchev–Trinajstić information content (AvgIpc) is 2.88. The summed E-state index contributed by atoms with van der Waals surface area (Å²) in [6.07, 6.45) is 0. The molecule has 0 unspecified atom stereocenters. The average molecular weight is 525 g/mol. The van der Waals surface area contributed by atoms with Gasteiger partial charge in [-0.25, -0.2) is 13.1 Å². The molecule has 38 heavy (non-hydrogen) atoms. The Balaban J connectivity index is 1.55. The SMILES string of the molecule is CC(C)(C)NS(=O)(=O)c1ccccc1-c1ccc(C(=O)Nc2ccccc2Nc2cccc(C#N)c2)cc1. The van der Waals surface area contributed by atoms with Crippen molar-refractivity contribution >= 4 is 33.0 Å². The largest absolute Gasteiger partial charge is 0.354 e. The molecular formula is C30H28N4O3S. The van der Waals surface area contributed by atoms with Crippen molar-refractivity contribution in [3.8, 4) is 17.2 Å². The first kappa shape index (κ1) is 26.6. The van der Waals surface area contributed by atoms with Crippen molar-refractivity contribution in [3.05, 3.63) is 108 Å². The molecule has 0 aliphatic rings. The van der Waals surface area contributed by atoms with Gasteiger partial charge in [-0.3, -0.25) is 4.79 Å². The van der Waals surface area contributed by atoms with Gasteiger partial charge in [0.15, 0.2) is 0 Å². The molecular weight excluding hydrogens is 496 g/mol. The molecule has 4 rings (SSSR count). The van der Waals surface area contributed by atoms with Crippen LogP contribution in [0.2, 0.25) is 0 Å². The van der Waals surface area contributed by atoms with Crippen molar-refractivity contribution in [1.29, 1.82) is 5.26 Å². The monoisotopic (exact) mass is 524 g/mol. The Hall–Kier alpha value is -4.45. The number of amides is 1. The van der Waals surface area contributed by atoms with E-state index in [1.165, 1.54) is 0 Å². The second-order valence-corrected chi connectivity index (χ2v) is 11.4. The summed E-state index contributed by atoms with van der Waals surface area (Å²) in [5.41, 5.74) is 3.53. The van der Waals surface area contributed by atoms with Crippen LogP contribution in [0.5, 0.6) is 0 Å². The summed E-state index contributed by atoms with van der Waals surface area (Å²) >= 11 is 0. The first-order valence-corrected chi connectivity index (χ1v) is 13.4. The molecule has 0 bridgehead atoms. The molecule has 0 aromatic heterocycles. The van der Waals surface area contributed by atoms with Gasteiger partial charge < -0.3 is 10.6 Å². The van der Waals surface area contributed by atoms with Gasteiger partial charge in [0.05, 0.1) is 27.9 Å². The van der Waals surface area contributed by atoms with Crippen LogP contribution < -0.4 is 15.4 Å². The van der Waals surface area contributed by atoms with Crippen LogP contribution in [0.1, 0.15) is 36.7 Å². The lowest BCUT2D eigenvalue weighted by molar-refractivity contribution is 0.102. The van der Waals surface area contributed by atoms with Gasteiger partial charge in [-0.15, -0.1) is 0 Å². The van der Waals surface area contributed by atoms with E-state index >= 15 is 0 Å². The normalized spacial score (nSPS) is 11.4. The van der Waals surface area contributed by atoms with Gasteiger partial charge in [-0.05, 0) is 74.9 Å². The smallest absolute Gasteiger partial charge is 0.255 e. The maximum Gasteiger partial charge on any atom is 0.255 e. The van der Waals surface area contributed by atoms with E-state index in [9.17, 15) is 13.2 Å². The minimum absolute atomic E-state index is 0.174. The molecule has 0 heterocycles. The number of nitrogens with one attached hydrogen (secondary N) is 3. The van der Waals surface area contributed by atoms with Crippen LogP contribution in [0.15, 0.2) is 102 Å². The van der Waals surface area contributed by atoms with Crippen LogP contribution in [0.3, 0.4) is 0 Å². The number of hydrogen-bond acceptors (Lipinski definition) is 5. The lowest BCUT2D eigenvalue weighted by Gasteiger charge is -2.21. The Bertz CT molecular complexity index is 1620. The molecule has 0 saturated heterocycles. The Morgan fingerprint density at radius 1 is 0.816 bits per heavy atom. The zero-order chi connectivity index (χ0) is 27.3. The third kappa shape index (κ3) is 6.45. The molecule has 7 nitrogen and oxygen atoms in total. The van der Waals surface area contributed by atoms with Crippen molar-refractivity contribution in [3.63, 3.8) is 0 Å². The Morgan fingerprint density at radius 2 is 1.47 bits per heavy atom. The summed E-state index contributed by atoms with van der Waals surface area (Å²) in [5, 5.41) is 15.3. The van der Waals surface area contributed by atoms with Gasteiger partial charge >= 0.3 is 0 Å². The van der Waals surface area contributed by atoms with Gasteiger partial charge in [0.2, 0.25) is 10.0 Å². The number of nitrogens with zero attached hydrogens (tertiary/aromatic N) is 1. The molecule has 0 radical (unpaired) electrons. The quantitative estimate of drug-likeness (QED) is 0.263. The van der Waals surface area contributed by atoms with Gasteiger partial charge in [0, 0.05) is 22.4 Å². The lowest BCUT2D eigenvalue weighted by atomic mass is 10.0. The fraction of sp³-hybridized carbons (Fsp3) is 0.133. The maximum atomic E-state index is 13.1. The zero-order valence-corrected chi connectivity index (χ0v) is 22.1. The van der Waals surface area contributed by atoms with Crippen molar-refractivity contribution in [2.24, 2.45) is 0 Å². The molecule has 0 atom stereocenters. The number of hydrogen-bond donors (Lipinski definition) is 3. The third-order valence-electron chi connectivity index (χ3n) is 5.52. The van der Waals surface area contributed by atoms with Crippen LogP contribution in [0.4, 0.5) is 17.1 Å². The van der Waals surface area contributed by atoms with E-state index in [0.717, 1.165) is 5.69 Å². The van der Waals surface area contributed by atoms with Crippen molar-refractivity contribution < 1.29 is 13.2 Å². The minimum atomic E-state index is -3.75. The van der Waals surface area contributed by atoms with E-state index in [2.05, 4.69) is 21.4 Å². The number of anilines is 3. The Morgan fingerprint density at radius 3 is 2.16 bits per heavy atom. The highest BCUT2D eigenvalue weighted by atomic mass is 32.2. The minimum Gasteiger partial charge on any atom is -0.354 e. The second kappa shape index (κ2) is 10.9. The van der Waals surface area contributed by atoms with Gasteiger partial charge in [0.25, 0.3) is 5.91 Å². The summed E-state index contributed by atoms with van der Waals surface area (Å²) in [7, 11) is -3.75. The summed E-state index contributed by atoms with van der Waals surface area (Å²) in [6.45, 7) is 5.37. The predicted octanol–water partition coefficient (Wildman–Crippen LogP) is 6.30. The van der Waals surface area contributed by atoms with E-state index < -0.39 is 15.6 Å². The first-order chi connectivity index (χ1) is 18.1. The number of para-hydroxylation sites is 2. The molecule has 0 saturated carbocycles. The molecule has 0 fully saturated rings. The molecule has 0 spiro atoms. The molecule has 192 valence electrons. The number of benzene rings is 4. The summed E-state index contributed by atoms with van der Waals surface area (Å²) < 4.78 is 28.7.